The van der Waals surface area contributed by atoms with Crippen molar-refractivity contribution in [2.24, 2.45) is 0 Å². The van der Waals surface area contributed by atoms with E-state index in [1.165, 1.54) is 13.0 Å². The van der Waals surface area contributed by atoms with Crippen LogP contribution in [0.5, 0.6) is 0 Å². The molecule has 7 nitrogen and oxygen atoms in total. The van der Waals surface area contributed by atoms with Gasteiger partial charge in [0.05, 0.1) is 5.56 Å². The van der Waals surface area contributed by atoms with Gasteiger partial charge >= 0.3 is 5.97 Å². The third-order valence-electron chi connectivity index (χ3n) is 3.25. The Labute approximate surface area is 143 Å². The van der Waals surface area contributed by atoms with Gasteiger partial charge in [-0.05, 0) is 18.2 Å². The van der Waals surface area contributed by atoms with Crippen LogP contribution in [0.4, 0.5) is 5.69 Å². The molecular weight excluding hydrogens is 322 g/mol. The first-order chi connectivity index (χ1) is 12.1. The summed E-state index contributed by atoms with van der Waals surface area (Å²) in [5, 5.41) is 6.47. The van der Waals surface area contributed by atoms with Crippen LogP contribution in [0.25, 0.3) is 11.4 Å². The van der Waals surface area contributed by atoms with Gasteiger partial charge in [-0.1, -0.05) is 41.6 Å². The third-order valence-corrected chi connectivity index (χ3v) is 3.25. The Morgan fingerprint density at radius 1 is 1.12 bits per heavy atom. The molecule has 0 saturated carbocycles. The summed E-state index contributed by atoms with van der Waals surface area (Å²) in [4.78, 5) is 27.4. The van der Waals surface area contributed by atoms with Gasteiger partial charge in [-0.3, -0.25) is 4.79 Å². The summed E-state index contributed by atoms with van der Waals surface area (Å²) >= 11 is 0. The van der Waals surface area contributed by atoms with E-state index in [9.17, 15) is 9.59 Å². The number of esters is 1. The number of hydrogen-bond acceptors (Lipinski definition) is 6. The normalized spacial score (nSPS) is 10.3. The average molecular weight is 337 g/mol. The second kappa shape index (κ2) is 7.39. The van der Waals surface area contributed by atoms with Crippen molar-refractivity contribution >= 4 is 17.6 Å². The quantitative estimate of drug-likeness (QED) is 0.719. The number of anilines is 1. The van der Waals surface area contributed by atoms with E-state index in [-0.39, 0.29) is 18.4 Å². The van der Waals surface area contributed by atoms with Gasteiger partial charge in [-0.25, -0.2) is 4.79 Å². The van der Waals surface area contributed by atoms with Crippen LogP contribution >= 0.6 is 0 Å². The Bertz CT molecular complexity index is 890. The zero-order valence-electron chi connectivity index (χ0n) is 13.4. The van der Waals surface area contributed by atoms with Crippen LogP contribution in [0, 0.1) is 0 Å². The summed E-state index contributed by atoms with van der Waals surface area (Å²) in [6.07, 6.45) is 0. The number of ether oxygens (including phenoxy) is 1. The molecule has 1 amide bonds. The molecule has 0 spiro atoms. The second-order valence-corrected chi connectivity index (χ2v) is 5.22. The van der Waals surface area contributed by atoms with Crippen molar-refractivity contribution < 1.29 is 18.8 Å². The smallest absolute Gasteiger partial charge is 0.338 e. The Morgan fingerprint density at radius 3 is 2.68 bits per heavy atom. The molecule has 0 bridgehead atoms. The van der Waals surface area contributed by atoms with Gasteiger partial charge in [0.1, 0.15) is 0 Å². The molecule has 0 aliphatic carbocycles. The SMILES string of the molecule is CC(=O)Nc1cccc(C(=O)OCc2nc(-c3ccccc3)no2)c1. The number of nitrogens with zero attached hydrogens (tertiary/aromatic N) is 2. The maximum atomic E-state index is 12.1. The van der Waals surface area contributed by atoms with E-state index >= 15 is 0 Å². The van der Waals surface area contributed by atoms with Crippen LogP contribution in [-0.4, -0.2) is 22.0 Å². The van der Waals surface area contributed by atoms with Crippen molar-refractivity contribution in [3.8, 4) is 11.4 Å². The third kappa shape index (κ3) is 4.29. The maximum absolute atomic E-state index is 12.1. The van der Waals surface area contributed by atoms with Gasteiger partial charge in [-0.15, -0.1) is 0 Å². The molecule has 0 aliphatic heterocycles. The second-order valence-electron chi connectivity index (χ2n) is 5.22. The van der Waals surface area contributed by atoms with Crippen molar-refractivity contribution in [3.63, 3.8) is 0 Å². The van der Waals surface area contributed by atoms with E-state index in [4.69, 9.17) is 9.26 Å². The lowest BCUT2D eigenvalue weighted by molar-refractivity contribution is -0.114. The molecule has 1 aromatic heterocycles. The molecule has 0 unspecified atom stereocenters. The van der Waals surface area contributed by atoms with E-state index in [2.05, 4.69) is 15.5 Å². The van der Waals surface area contributed by atoms with Crippen LogP contribution in [0.1, 0.15) is 23.2 Å². The molecule has 3 aromatic rings. The van der Waals surface area contributed by atoms with Gasteiger partial charge in [0.15, 0.2) is 6.61 Å². The molecule has 1 heterocycles. The standard InChI is InChI=1S/C18H15N3O4/c1-12(22)19-15-9-5-8-14(10-15)18(23)24-11-16-20-17(21-25-16)13-6-3-2-4-7-13/h2-10H,11H2,1H3,(H,19,22). The number of nitrogens with one attached hydrogen (secondary N) is 1. The zero-order valence-corrected chi connectivity index (χ0v) is 13.4. The van der Waals surface area contributed by atoms with Crippen LogP contribution in [0.3, 0.4) is 0 Å². The summed E-state index contributed by atoms with van der Waals surface area (Å²) in [5.41, 5.74) is 1.65. The molecule has 25 heavy (non-hydrogen) atoms. The molecule has 7 heteroatoms. The number of hydrogen-bond donors (Lipinski definition) is 1. The highest BCUT2D eigenvalue weighted by molar-refractivity contribution is 5.93. The summed E-state index contributed by atoms with van der Waals surface area (Å²) in [6, 6.07) is 15.8. The van der Waals surface area contributed by atoms with Gasteiger partial charge in [0.25, 0.3) is 5.89 Å². The zero-order chi connectivity index (χ0) is 17.6. The summed E-state index contributed by atoms with van der Waals surface area (Å²) in [7, 11) is 0. The largest absolute Gasteiger partial charge is 0.452 e. The molecule has 0 aliphatic rings. The first kappa shape index (κ1) is 16.4. The predicted molar refractivity (Wildman–Crippen MR) is 89.6 cm³/mol. The Kier molecular flexibility index (Phi) is 4.84. The Balaban J connectivity index is 1.63. The lowest BCUT2D eigenvalue weighted by Crippen LogP contribution is -2.09. The lowest BCUT2D eigenvalue weighted by Gasteiger charge is -2.05. The number of amides is 1. The first-order valence-electron chi connectivity index (χ1n) is 7.54. The van der Waals surface area contributed by atoms with Gasteiger partial charge < -0.3 is 14.6 Å². The Morgan fingerprint density at radius 2 is 1.92 bits per heavy atom. The predicted octanol–water partition coefficient (Wildman–Crippen LogP) is 3.05. The molecule has 0 fully saturated rings. The summed E-state index contributed by atoms with van der Waals surface area (Å²) in [5.74, 6) is -0.138. The highest BCUT2D eigenvalue weighted by Gasteiger charge is 2.13. The highest BCUT2D eigenvalue weighted by Crippen LogP contribution is 2.16. The van der Waals surface area contributed by atoms with E-state index < -0.39 is 5.97 Å². The monoisotopic (exact) mass is 337 g/mol. The summed E-state index contributed by atoms with van der Waals surface area (Å²) < 4.78 is 10.3. The highest BCUT2D eigenvalue weighted by atomic mass is 16.6. The summed E-state index contributed by atoms with van der Waals surface area (Å²) in [6.45, 7) is 1.26. The number of rotatable bonds is 5. The van der Waals surface area contributed by atoms with E-state index in [1.807, 2.05) is 30.3 Å². The van der Waals surface area contributed by atoms with Crippen LogP contribution in [0.2, 0.25) is 0 Å². The molecule has 126 valence electrons. The van der Waals surface area contributed by atoms with Crippen LogP contribution in [0.15, 0.2) is 59.1 Å². The molecule has 3 rings (SSSR count). The van der Waals surface area contributed by atoms with Crippen molar-refractivity contribution in [1.29, 1.82) is 0 Å². The molecule has 0 radical (unpaired) electrons. The molecular formula is C18H15N3O4. The van der Waals surface area contributed by atoms with Crippen molar-refractivity contribution in [2.75, 3.05) is 5.32 Å². The fraction of sp³-hybridized carbons (Fsp3) is 0.111. The van der Waals surface area contributed by atoms with Crippen molar-refractivity contribution in [2.45, 2.75) is 13.5 Å². The number of carbonyl (C=O) groups excluding carboxylic acids is 2. The molecule has 2 aromatic carbocycles. The average Bonchev–Trinajstić information content (AvgIpc) is 3.09. The van der Waals surface area contributed by atoms with Crippen LogP contribution in [-0.2, 0) is 16.1 Å². The number of aromatic nitrogens is 2. The van der Waals surface area contributed by atoms with Crippen LogP contribution < -0.4 is 5.32 Å². The van der Waals surface area contributed by atoms with E-state index in [1.54, 1.807) is 18.2 Å². The number of benzene rings is 2. The minimum Gasteiger partial charge on any atom is -0.452 e. The fourth-order valence-electron chi connectivity index (χ4n) is 2.16. The topological polar surface area (TPSA) is 94.3 Å². The van der Waals surface area contributed by atoms with Crippen molar-refractivity contribution in [1.82, 2.24) is 10.1 Å². The minimum absolute atomic E-state index is 0.136. The lowest BCUT2D eigenvalue weighted by atomic mass is 10.2. The van der Waals surface area contributed by atoms with E-state index in [0.717, 1.165) is 5.56 Å². The Hall–Kier alpha value is -3.48. The van der Waals surface area contributed by atoms with Gasteiger partial charge in [0.2, 0.25) is 11.7 Å². The number of carbonyl (C=O) groups is 2. The minimum atomic E-state index is -0.549. The van der Waals surface area contributed by atoms with Crippen molar-refractivity contribution in [3.05, 3.63) is 66.1 Å². The maximum Gasteiger partial charge on any atom is 0.338 e. The molecule has 0 saturated heterocycles. The molecule has 0 atom stereocenters. The first-order valence-corrected chi connectivity index (χ1v) is 7.54. The van der Waals surface area contributed by atoms with Gasteiger partial charge in [-0.2, -0.15) is 4.98 Å². The van der Waals surface area contributed by atoms with E-state index in [0.29, 0.717) is 17.1 Å². The fourth-order valence-corrected chi connectivity index (χ4v) is 2.16. The molecule has 1 N–H and O–H groups in total. The van der Waals surface area contributed by atoms with Gasteiger partial charge in [0, 0.05) is 18.2 Å².